The van der Waals surface area contributed by atoms with Crippen LogP contribution in [0.15, 0.2) is 34.0 Å². The molecule has 1 aromatic heterocycles. The number of hydrogen-bond donors (Lipinski definition) is 2. The van der Waals surface area contributed by atoms with Crippen LogP contribution in [0.25, 0.3) is 0 Å². The molecule has 0 aliphatic heterocycles. The molecule has 1 aromatic carbocycles. The molecule has 0 aliphatic carbocycles. The third kappa shape index (κ3) is 2.28. The fraction of sp³-hybridized carbons (Fsp3) is 0.250. The molecule has 2 aromatic rings. The highest BCUT2D eigenvalue weighted by molar-refractivity contribution is 7.92. The van der Waals surface area contributed by atoms with E-state index in [1.54, 1.807) is 19.1 Å². The third-order valence-electron chi connectivity index (χ3n) is 2.93. The van der Waals surface area contributed by atoms with Crippen LogP contribution in [0.2, 0.25) is 0 Å². The Morgan fingerprint density at radius 2 is 1.63 bits per heavy atom. The maximum Gasteiger partial charge on any atom is 0.288 e. The van der Waals surface area contributed by atoms with Crippen molar-refractivity contribution < 1.29 is 8.42 Å². The first-order valence-corrected chi connectivity index (χ1v) is 7.11. The Kier molecular flexibility index (Phi) is 3.23. The molecular weight excluding hydrogens is 266 g/mol. The van der Waals surface area contributed by atoms with Gasteiger partial charge in [-0.15, -0.1) is 0 Å². The monoisotopic (exact) mass is 281 g/mol. The van der Waals surface area contributed by atoms with Gasteiger partial charge in [-0.3, -0.25) is 14.2 Å². The topological polar surface area (TPSA) is 86.0 Å². The lowest BCUT2D eigenvalue weighted by Gasteiger charge is -2.17. The van der Waals surface area contributed by atoms with E-state index < -0.39 is 15.6 Å². The summed E-state index contributed by atoms with van der Waals surface area (Å²) < 4.78 is 25.8. The van der Waals surface area contributed by atoms with Crippen molar-refractivity contribution in [2.75, 3.05) is 11.4 Å². The largest absolute Gasteiger partial charge is 0.300 e. The Hall–Kier alpha value is -2.02. The van der Waals surface area contributed by atoms with Gasteiger partial charge in [0.25, 0.3) is 15.6 Å². The number of hydrogen-bond acceptors (Lipinski definition) is 3. The van der Waals surface area contributed by atoms with E-state index in [9.17, 15) is 13.2 Å². The van der Waals surface area contributed by atoms with E-state index in [0.717, 1.165) is 9.87 Å². The normalized spacial score (nSPS) is 11.5. The lowest BCUT2D eigenvalue weighted by Crippen LogP contribution is -2.30. The second-order valence-electron chi connectivity index (χ2n) is 4.34. The zero-order chi connectivity index (χ0) is 14.2. The quantitative estimate of drug-likeness (QED) is 0.884. The molecule has 7 heteroatoms. The highest BCUT2D eigenvalue weighted by atomic mass is 32.2. The molecule has 6 nitrogen and oxygen atoms in total. The number of rotatable bonds is 3. The molecule has 0 amide bonds. The van der Waals surface area contributed by atoms with Crippen molar-refractivity contribution in [2.45, 2.75) is 18.7 Å². The van der Waals surface area contributed by atoms with Crippen molar-refractivity contribution in [1.82, 2.24) is 10.2 Å². The number of nitrogens with one attached hydrogen (secondary N) is 2. The molecule has 0 bridgehead atoms. The lowest BCUT2D eigenvalue weighted by atomic mass is 10.2. The van der Waals surface area contributed by atoms with Crippen LogP contribution in [-0.2, 0) is 10.0 Å². The minimum absolute atomic E-state index is 0.0978. The molecule has 0 unspecified atom stereocenters. The lowest BCUT2D eigenvalue weighted by molar-refractivity contribution is 0.594. The van der Waals surface area contributed by atoms with Gasteiger partial charge < -0.3 is 5.10 Å². The van der Waals surface area contributed by atoms with Crippen molar-refractivity contribution >= 4 is 15.7 Å². The summed E-state index contributed by atoms with van der Waals surface area (Å²) in [5, 5.41) is 4.97. The summed E-state index contributed by atoms with van der Waals surface area (Å²) in [7, 11) is -2.37. The Balaban J connectivity index is 2.51. The summed E-state index contributed by atoms with van der Waals surface area (Å²) in [4.78, 5) is 11.8. The molecule has 2 rings (SSSR count). The molecular formula is C12H15N3O3S. The SMILES string of the molecule is Cc1ccc(S(=O)(=O)N(C)c2c(C)[nH][nH]c2=O)cc1. The van der Waals surface area contributed by atoms with Crippen LogP contribution in [-0.4, -0.2) is 25.7 Å². The average molecular weight is 281 g/mol. The maximum absolute atomic E-state index is 12.4. The van der Waals surface area contributed by atoms with Crippen LogP contribution in [0.5, 0.6) is 0 Å². The fourth-order valence-corrected chi connectivity index (χ4v) is 3.06. The molecule has 0 saturated heterocycles. The number of aromatic amines is 2. The first-order valence-electron chi connectivity index (χ1n) is 5.67. The highest BCUT2D eigenvalue weighted by Gasteiger charge is 2.25. The number of aromatic nitrogens is 2. The van der Waals surface area contributed by atoms with Crippen LogP contribution >= 0.6 is 0 Å². The second kappa shape index (κ2) is 4.58. The zero-order valence-corrected chi connectivity index (χ0v) is 11.7. The predicted octanol–water partition coefficient (Wildman–Crippen LogP) is 1.14. The van der Waals surface area contributed by atoms with Crippen LogP contribution < -0.4 is 9.86 Å². The summed E-state index contributed by atoms with van der Waals surface area (Å²) >= 11 is 0. The predicted molar refractivity (Wildman–Crippen MR) is 72.9 cm³/mol. The highest BCUT2D eigenvalue weighted by Crippen LogP contribution is 2.21. The molecule has 0 saturated carbocycles. The number of nitrogens with zero attached hydrogens (tertiary/aromatic N) is 1. The minimum atomic E-state index is -3.73. The van der Waals surface area contributed by atoms with Gasteiger partial charge in [0.1, 0.15) is 5.69 Å². The van der Waals surface area contributed by atoms with Crippen molar-refractivity contribution in [3.8, 4) is 0 Å². The van der Waals surface area contributed by atoms with Gasteiger partial charge in [0.05, 0.1) is 10.6 Å². The molecule has 0 atom stereocenters. The van der Waals surface area contributed by atoms with E-state index in [2.05, 4.69) is 10.2 Å². The molecule has 0 spiro atoms. The molecule has 0 fully saturated rings. The number of benzene rings is 1. The van der Waals surface area contributed by atoms with Gasteiger partial charge in [-0.05, 0) is 26.0 Å². The summed E-state index contributed by atoms with van der Waals surface area (Å²) in [5.41, 5.74) is 1.08. The summed E-state index contributed by atoms with van der Waals surface area (Å²) in [6.07, 6.45) is 0. The van der Waals surface area contributed by atoms with Gasteiger partial charge in [-0.2, -0.15) is 0 Å². The number of anilines is 1. The van der Waals surface area contributed by atoms with Crippen LogP contribution in [0, 0.1) is 13.8 Å². The van der Waals surface area contributed by atoms with E-state index in [0.29, 0.717) is 5.69 Å². The average Bonchev–Trinajstić information content (AvgIpc) is 2.68. The van der Waals surface area contributed by atoms with E-state index >= 15 is 0 Å². The van der Waals surface area contributed by atoms with Crippen molar-refractivity contribution in [3.63, 3.8) is 0 Å². The Morgan fingerprint density at radius 1 is 1.05 bits per heavy atom. The molecule has 19 heavy (non-hydrogen) atoms. The summed E-state index contributed by atoms with van der Waals surface area (Å²) in [5.74, 6) is 0. The maximum atomic E-state index is 12.4. The minimum Gasteiger partial charge on any atom is -0.300 e. The standard InChI is InChI=1S/C12H15N3O3S/c1-8-4-6-10(7-5-8)19(17,18)15(3)11-9(2)13-14-12(11)16/h4-7H,1-3H3,(H2,13,14,16). The van der Waals surface area contributed by atoms with Crippen LogP contribution in [0.3, 0.4) is 0 Å². The Labute approximate surface area is 111 Å². The van der Waals surface area contributed by atoms with E-state index in [1.807, 2.05) is 6.92 Å². The molecule has 102 valence electrons. The van der Waals surface area contributed by atoms with Gasteiger partial charge in [0, 0.05) is 7.05 Å². The zero-order valence-electron chi connectivity index (χ0n) is 10.9. The van der Waals surface area contributed by atoms with E-state index in [1.165, 1.54) is 19.2 Å². The van der Waals surface area contributed by atoms with Gasteiger partial charge in [0.2, 0.25) is 0 Å². The number of H-pyrrole nitrogens is 2. The van der Waals surface area contributed by atoms with Crippen molar-refractivity contribution in [3.05, 3.63) is 45.9 Å². The molecule has 2 N–H and O–H groups in total. The third-order valence-corrected chi connectivity index (χ3v) is 4.70. The van der Waals surface area contributed by atoms with Gasteiger partial charge in [0.15, 0.2) is 0 Å². The first-order chi connectivity index (χ1) is 8.84. The van der Waals surface area contributed by atoms with E-state index in [-0.39, 0.29) is 10.6 Å². The Bertz CT molecular complexity index is 741. The van der Waals surface area contributed by atoms with Crippen molar-refractivity contribution in [1.29, 1.82) is 0 Å². The van der Waals surface area contributed by atoms with Crippen LogP contribution in [0.1, 0.15) is 11.3 Å². The number of sulfonamides is 1. The summed E-state index contributed by atoms with van der Waals surface area (Å²) in [6.45, 7) is 3.51. The smallest absolute Gasteiger partial charge is 0.288 e. The molecule has 1 heterocycles. The Morgan fingerprint density at radius 3 is 2.11 bits per heavy atom. The van der Waals surface area contributed by atoms with Crippen molar-refractivity contribution in [2.24, 2.45) is 0 Å². The van der Waals surface area contributed by atoms with Gasteiger partial charge >= 0.3 is 0 Å². The molecule has 0 radical (unpaired) electrons. The first kappa shape index (κ1) is 13.4. The van der Waals surface area contributed by atoms with Crippen LogP contribution in [0.4, 0.5) is 5.69 Å². The van der Waals surface area contributed by atoms with E-state index in [4.69, 9.17) is 0 Å². The van der Waals surface area contributed by atoms with Gasteiger partial charge in [-0.1, -0.05) is 17.7 Å². The number of aryl methyl sites for hydroxylation is 2. The summed E-state index contributed by atoms with van der Waals surface area (Å²) in [6, 6.07) is 6.48. The van der Waals surface area contributed by atoms with Gasteiger partial charge in [-0.25, -0.2) is 8.42 Å². The fourth-order valence-electron chi connectivity index (χ4n) is 1.81. The second-order valence-corrected chi connectivity index (χ2v) is 6.31. The molecule has 0 aliphatic rings.